The van der Waals surface area contributed by atoms with Gasteiger partial charge >= 0.3 is 12.1 Å². The molecule has 5 nitrogen and oxygen atoms in total. The number of anilines is 1. The molecule has 0 aliphatic heterocycles. The van der Waals surface area contributed by atoms with Crippen molar-refractivity contribution in [1.29, 1.82) is 0 Å². The summed E-state index contributed by atoms with van der Waals surface area (Å²) in [5.41, 5.74) is -0.571. The fourth-order valence-corrected chi connectivity index (χ4v) is 1.10. The molecule has 0 unspecified atom stereocenters. The van der Waals surface area contributed by atoms with E-state index < -0.39 is 28.4 Å². The van der Waals surface area contributed by atoms with E-state index in [-0.39, 0.29) is 0 Å². The first kappa shape index (κ1) is 12.9. The fraction of sp³-hybridized carbons (Fsp3) is 0.222. The molecule has 8 heteroatoms. The van der Waals surface area contributed by atoms with E-state index in [4.69, 9.17) is 0 Å². The highest BCUT2D eigenvalue weighted by molar-refractivity contribution is 5.96. The molecule has 0 atom stereocenters. The van der Waals surface area contributed by atoms with Crippen molar-refractivity contribution in [3.63, 3.8) is 0 Å². The van der Waals surface area contributed by atoms with Crippen molar-refractivity contribution < 1.29 is 22.9 Å². The third-order valence-electron chi connectivity index (χ3n) is 1.85. The van der Waals surface area contributed by atoms with Gasteiger partial charge < -0.3 is 5.32 Å². The van der Waals surface area contributed by atoms with E-state index in [1.165, 1.54) is 18.3 Å². The van der Waals surface area contributed by atoms with Crippen molar-refractivity contribution in [3.8, 4) is 0 Å². The number of hydrogen-bond acceptors (Lipinski definition) is 3. The number of nitrogens with one attached hydrogen (secondary N) is 1. The summed E-state index contributed by atoms with van der Waals surface area (Å²) in [7, 11) is 0. The van der Waals surface area contributed by atoms with Crippen LogP contribution in [0.4, 0.5) is 24.5 Å². The Morgan fingerprint density at radius 3 is 2.47 bits per heavy atom. The molecule has 0 bridgehead atoms. The SMILES string of the molecule is Cc1ccc([N+](=O)[O-])c(NC(=O)C(F)(F)F)c1. The van der Waals surface area contributed by atoms with Gasteiger partial charge in [0.05, 0.1) is 4.92 Å². The average molecular weight is 248 g/mol. The van der Waals surface area contributed by atoms with E-state index in [9.17, 15) is 28.1 Å². The molecule has 0 aliphatic rings. The number of nitro groups is 1. The summed E-state index contributed by atoms with van der Waals surface area (Å²) in [6.45, 7) is 1.53. The van der Waals surface area contributed by atoms with E-state index in [0.717, 1.165) is 12.1 Å². The standard InChI is InChI=1S/C9H7F3N2O3/c1-5-2-3-7(14(16)17)6(4-5)13-8(15)9(10,11)12/h2-4H,1H3,(H,13,15). The first-order valence-electron chi connectivity index (χ1n) is 4.35. The Balaban J connectivity index is 3.09. The first-order valence-corrected chi connectivity index (χ1v) is 4.35. The summed E-state index contributed by atoms with van der Waals surface area (Å²) in [4.78, 5) is 20.3. The third kappa shape index (κ3) is 3.16. The zero-order valence-electron chi connectivity index (χ0n) is 8.54. The summed E-state index contributed by atoms with van der Waals surface area (Å²) >= 11 is 0. The van der Waals surface area contributed by atoms with Crippen molar-refractivity contribution in [2.45, 2.75) is 13.1 Å². The molecule has 0 radical (unpaired) electrons. The summed E-state index contributed by atoms with van der Waals surface area (Å²) in [5.74, 6) is -2.24. The number of amides is 1. The molecule has 0 spiro atoms. The zero-order chi connectivity index (χ0) is 13.2. The van der Waals surface area contributed by atoms with E-state index in [1.807, 2.05) is 0 Å². The van der Waals surface area contributed by atoms with Gasteiger partial charge in [-0.3, -0.25) is 14.9 Å². The summed E-state index contributed by atoms with van der Waals surface area (Å²) in [6, 6.07) is 3.49. The summed E-state index contributed by atoms with van der Waals surface area (Å²) in [5, 5.41) is 12.0. The number of halogens is 3. The maximum absolute atomic E-state index is 12.0. The van der Waals surface area contributed by atoms with Crippen molar-refractivity contribution in [1.82, 2.24) is 0 Å². The number of alkyl halides is 3. The van der Waals surface area contributed by atoms with Gasteiger partial charge in [0.25, 0.3) is 5.69 Å². The highest BCUT2D eigenvalue weighted by Crippen LogP contribution is 2.27. The fourth-order valence-electron chi connectivity index (χ4n) is 1.10. The molecule has 92 valence electrons. The quantitative estimate of drug-likeness (QED) is 0.645. The van der Waals surface area contributed by atoms with E-state index in [2.05, 4.69) is 0 Å². The second-order valence-corrected chi connectivity index (χ2v) is 3.23. The molecule has 1 aromatic carbocycles. The highest BCUT2D eigenvalue weighted by Gasteiger charge is 2.39. The van der Waals surface area contributed by atoms with Gasteiger partial charge in [-0.15, -0.1) is 0 Å². The van der Waals surface area contributed by atoms with Crippen LogP contribution in [0, 0.1) is 17.0 Å². The number of nitrogens with zero attached hydrogens (tertiary/aromatic N) is 1. The second kappa shape index (κ2) is 4.40. The van der Waals surface area contributed by atoms with Crippen LogP contribution in [0.3, 0.4) is 0 Å². The number of carbonyl (C=O) groups is 1. The number of carbonyl (C=O) groups excluding carboxylic acids is 1. The highest BCUT2D eigenvalue weighted by atomic mass is 19.4. The van der Waals surface area contributed by atoms with Crippen LogP contribution in [0.25, 0.3) is 0 Å². The normalized spacial score (nSPS) is 11.1. The lowest BCUT2D eigenvalue weighted by molar-refractivity contribution is -0.384. The van der Waals surface area contributed by atoms with Crippen LogP contribution in [0.1, 0.15) is 5.56 Å². The minimum absolute atomic E-state index is 0.475. The number of aryl methyl sites for hydroxylation is 1. The Hall–Kier alpha value is -2.12. The van der Waals surface area contributed by atoms with Gasteiger partial charge in [0, 0.05) is 6.07 Å². The minimum atomic E-state index is -5.09. The summed E-state index contributed by atoms with van der Waals surface area (Å²) < 4.78 is 36.0. The third-order valence-corrected chi connectivity index (χ3v) is 1.85. The number of rotatable bonds is 2. The van der Waals surface area contributed by atoms with Gasteiger partial charge in [-0.1, -0.05) is 6.07 Å². The smallest absolute Gasteiger partial charge is 0.312 e. The van der Waals surface area contributed by atoms with Crippen LogP contribution in [0.5, 0.6) is 0 Å². The Morgan fingerprint density at radius 2 is 2.00 bits per heavy atom. The van der Waals surface area contributed by atoms with Gasteiger partial charge in [-0.25, -0.2) is 0 Å². The molecule has 1 amide bonds. The lowest BCUT2D eigenvalue weighted by Gasteiger charge is -2.08. The maximum atomic E-state index is 12.0. The van der Waals surface area contributed by atoms with Gasteiger partial charge in [0.2, 0.25) is 0 Å². The second-order valence-electron chi connectivity index (χ2n) is 3.23. The van der Waals surface area contributed by atoms with E-state index in [1.54, 1.807) is 0 Å². The van der Waals surface area contributed by atoms with Crippen molar-refractivity contribution in [2.75, 3.05) is 5.32 Å². The predicted molar refractivity (Wildman–Crippen MR) is 52.5 cm³/mol. The monoisotopic (exact) mass is 248 g/mol. The van der Waals surface area contributed by atoms with Crippen LogP contribution in [-0.2, 0) is 4.79 Å². The Kier molecular flexibility index (Phi) is 3.35. The molecule has 0 saturated heterocycles. The maximum Gasteiger partial charge on any atom is 0.471 e. The molecule has 0 saturated carbocycles. The minimum Gasteiger partial charge on any atom is -0.312 e. The van der Waals surface area contributed by atoms with Crippen molar-refractivity contribution in [3.05, 3.63) is 33.9 Å². The van der Waals surface area contributed by atoms with E-state index >= 15 is 0 Å². The predicted octanol–water partition coefficient (Wildman–Crippen LogP) is 2.40. The molecule has 0 aliphatic carbocycles. The number of benzene rings is 1. The van der Waals surface area contributed by atoms with Gasteiger partial charge in [-0.2, -0.15) is 13.2 Å². The topological polar surface area (TPSA) is 72.2 Å². The van der Waals surface area contributed by atoms with Crippen LogP contribution >= 0.6 is 0 Å². The molecule has 1 rings (SSSR count). The summed E-state index contributed by atoms with van der Waals surface area (Å²) in [6.07, 6.45) is -5.09. The number of hydrogen-bond donors (Lipinski definition) is 1. The lowest BCUT2D eigenvalue weighted by Crippen LogP contribution is -2.30. The Labute approximate surface area is 93.4 Å². The van der Waals surface area contributed by atoms with Crippen molar-refractivity contribution >= 4 is 17.3 Å². The largest absolute Gasteiger partial charge is 0.471 e. The average Bonchev–Trinajstić information content (AvgIpc) is 2.15. The molecule has 0 heterocycles. The van der Waals surface area contributed by atoms with Crippen LogP contribution in [0.15, 0.2) is 18.2 Å². The van der Waals surface area contributed by atoms with Crippen LogP contribution in [-0.4, -0.2) is 17.0 Å². The molecule has 17 heavy (non-hydrogen) atoms. The Morgan fingerprint density at radius 1 is 1.41 bits per heavy atom. The molecular formula is C9H7F3N2O3. The molecule has 0 fully saturated rings. The van der Waals surface area contributed by atoms with Crippen LogP contribution in [0.2, 0.25) is 0 Å². The van der Waals surface area contributed by atoms with E-state index in [0.29, 0.717) is 5.56 Å². The molecule has 0 aromatic heterocycles. The van der Waals surface area contributed by atoms with Gasteiger partial charge in [0.15, 0.2) is 0 Å². The van der Waals surface area contributed by atoms with Gasteiger partial charge in [0.1, 0.15) is 5.69 Å². The molecule has 1 N–H and O–H groups in total. The van der Waals surface area contributed by atoms with Gasteiger partial charge in [-0.05, 0) is 18.6 Å². The molecule has 1 aromatic rings. The first-order chi connectivity index (χ1) is 7.71. The number of nitro benzene ring substituents is 1. The van der Waals surface area contributed by atoms with Crippen molar-refractivity contribution in [2.24, 2.45) is 0 Å². The Bertz CT molecular complexity index is 471. The lowest BCUT2D eigenvalue weighted by atomic mass is 10.2. The molecular weight excluding hydrogens is 241 g/mol. The van der Waals surface area contributed by atoms with Crippen LogP contribution < -0.4 is 5.32 Å². The zero-order valence-corrected chi connectivity index (χ0v) is 8.54.